The van der Waals surface area contributed by atoms with Gasteiger partial charge in [-0.2, -0.15) is 0 Å². The van der Waals surface area contributed by atoms with Crippen LogP contribution in [0.25, 0.3) is 0 Å². The molecule has 1 aliphatic heterocycles. The van der Waals surface area contributed by atoms with E-state index in [1.807, 2.05) is 18.2 Å². The van der Waals surface area contributed by atoms with Gasteiger partial charge in [-0.25, -0.2) is 0 Å². The Hall–Kier alpha value is -1.41. The van der Waals surface area contributed by atoms with Gasteiger partial charge in [-0.3, -0.25) is 9.69 Å². The lowest BCUT2D eigenvalue weighted by Gasteiger charge is -2.22. The Kier molecular flexibility index (Phi) is 3.52. The minimum atomic E-state index is 0.0534. The molecule has 0 bridgehead atoms. The monoisotopic (exact) mass is 215 g/mol. The van der Waals surface area contributed by atoms with Crippen molar-refractivity contribution in [1.29, 1.82) is 0 Å². The molecular weight excluding hydrogens is 198 g/mol. The Balaban J connectivity index is 2.04. The van der Waals surface area contributed by atoms with E-state index in [0.717, 1.165) is 25.9 Å². The van der Waals surface area contributed by atoms with Crippen molar-refractivity contribution in [2.75, 3.05) is 6.54 Å². The molecule has 0 aliphatic carbocycles. The van der Waals surface area contributed by atoms with Gasteiger partial charge in [-0.1, -0.05) is 36.9 Å². The Morgan fingerprint density at radius 2 is 2.19 bits per heavy atom. The van der Waals surface area contributed by atoms with E-state index >= 15 is 0 Å². The number of nitrogens with zero attached hydrogens (tertiary/aromatic N) is 1. The molecule has 0 radical (unpaired) electrons. The largest absolute Gasteiger partial charge is 0.293 e. The van der Waals surface area contributed by atoms with Crippen LogP contribution in [0.15, 0.2) is 43.0 Å². The normalized spacial score (nSPS) is 20.9. The molecule has 0 saturated carbocycles. The summed E-state index contributed by atoms with van der Waals surface area (Å²) in [4.78, 5) is 13.9. The maximum absolute atomic E-state index is 11.7. The molecule has 0 spiro atoms. The van der Waals surface area contributed by atoms with Crippen LogP contribution in [-0.4, -0.2) is 23.3 Å². The lowest BCUT2D eigenvalue weighted by Crippen LogP contribution is -2.34. The third-order valence-electron chi connectivity index (χ3n) is 3.12. The van der Waals surface area contributed by atoms with E-state index in [1.54, 1.807) is 0 Å². The first-order chi connectivity index (χ1) is 7.81. The summed E-state index contributed by atoms with van der Waals surface area (Å²) in [5.41, 5.74) is 1.27. The van der Waals surface area contributed by atoms with E-state index in [2.05, 4.69) is 23.6 Å². The summed E-state index contributed by atoms with van der Waals surface area (Å²) < 4.78 is 0. The van der Waals surface area contributed by atoms with E-state index in [1.165, 1.54) is 11.6 Å². The van der Waals surface area contributed by atoms with Crippen molar-refractivity contribution in [3.8, 4) is 0 Å². The van der Waals surface area contributed by atoms with Gasteiger partial charge in [-0.05, 0) is 31.0 Å². The third-order valence-corrected chi connectivity index (χ3v) is 3.12. The molecule has 0 N–H and O–H groups in total. The minimum absolute atomic E-state index is 0.0534. The molecule has 1 saturated heterocycles. The number of carbonyl (C=O) groups is 1. The molecule has 1 atom stereocenters. The molecule has 1 aliphatic rings. The van der Waals surface area contributed by atoms with E-state index < -0.39 is 0 Å². The highest BCUT2D eigenvalue weighted by Crippen LogP contribution is 2.20. The van der Waals surface area contributed by atoms with Crippen LogP contribution < -0.4 is 0 Å². The van der Waals surface area contributed by atoms with Gasteiger partial charge in [0, 0.05) is 6.54 Å². The quantitative estimate of drug-likeness (QED) is 0.719. The summed E-state index contributed by atoms with van der Waals surface area (Å²) >= 11 is 0. The summed E-state index contributed by atoms with van der Waals surface area (Å²) in [6.45, 7) is 5.45. The second kappa shape index (κ2) is 5.08. The topological polar surface area (TPSA) is 20.3 Å². The van der Waals surface area contributed by atoms with Crippen LogP contribution in [0.3, 0.4) is 0 Å². The SMILES string of the molecule is C=CC(=O)C1CCCN1Cc1ccccc1. The maximum atomic E-state index is 11.7. The van der Waals surface area contributed by atoms with Crippen LogP contribution >= 0.6 is 0 Å². The fourth-order valence-corrected chi connectivity index (χ4v) is 2.29. The summed E-state index contributed by atoms with van der Waals surface area (Å²) in [5, 5.41) is 0. The standard InChI is InChI=1S/C14H17NO/c1-2-14(16)13-9-6-10-15(13)11-12-7-4-3-5-8-12/h2-5,7-8,13H,1,6,9-11H2. The van der Waals surface area contributed by atoms with Gasteiger partial charge in [0.1, 0.15) is 0 Å². The summed E-state index contributed by atoms with van der Waals surface area (Å²) in [7, 11) is 0. The first kappa shape index (κ1) is 11.1. The average Bonchev–Trinajstić information content (AvgIpc) is 2.77. The highest BCUT2D eigenvalue weighted by Gasteiger charge is 2.28. The van der Waals surface area contributed by atoms with Crippen molar-refractivity contribution < 1.29 is 4.79 Å². The van der Waals surface area contributed by atoms with E-state index in [9.17, 15) is 4.79 Å². The number of ketones is 1. The minimum Gasteiger partial charge on any atom is -0.293 e. The number of rotatable bonds is 4. The molecule has 2 rings (SSSR count). The number of benzene rings is 1. The lowest BCUT2D eigenvalue weighted by molar-refractivity contribution is -0.118. The van der Waals surface area contributed by atoms with Crippen molar-refractivity contribution >= 4 is 5.78 Å². The molecular formula is C14H17NO. The molecule has 1 heterocycles. The number of carbonyl (C=O) groups excluding carboxylic acids is 1. The fourth-order valence-electron chi connectivity index (χ4n) is 2.29. The van der Waals surface area contributed by atoms with Gasteiger partial charge in [0.05, 0.1) is 6.04 Å². The second-order valence-corrected chi connectivity index (χ2v) is 4.22. The van der Waals surface area contributed by atoms with Crippen molar-refractivity contribution in [2.24, 2.45) is 0 Å². The highest BCUT2D eigenvalue weighted by atomic mass is 16.1. The Bertz CT molecular complexity index is 372. The van der Waals surface area contributed by atoms with Crippen LogP contribution in [0.4, 0.5) is 0 Å². The van der Waals surface area contributed by atoms with Gasteiger partial charge >= 0.3 is 0 Å². The fraction of sp³-hybridized carbons (Fsp3) is 0.357. The van der Waals surface area contributed by atoms with Gasteiger partial charge < -0.3 is 0 Å². The molecule has 1 aromatic carbocycles. The van der Waals surface area contributed by atoms with Crippen molar-refractivity contribution in [2.45, 2.75) is 25.4 Å². The average molecular weight is 215 g/mol. The van der Waals surface area contributed by atoms with Crippen LogP contribution in [0.5, 0.6) is 0 Å². The molecule has 0 aromatic heterocycles. The molecule has 1 aromatic rings. The second-order valence-electron chi connectivity index (χ2n) is 4.22. The predicted molar refractivity (Wildman–Crippen MR) is 65.1 cm³/mol. The van der Waals surface area contributed by atoms with Crippen molar-refractivity contribution in [3.63, 3.8) is 0 Å². The molecule has 84 valence electrons. The molecule has 0 amide bonds. The van der Waals surface area contributed by atoms with Crippen molar-refractivity contribution in [3.05, 3.63) is 48.6 Å². The Morgan fingerprint density at radius 3 is 2.88 bits per heavy atom. The van der Waals surface area contributed by atoms with E-state index in [-0.39, 0.29) is 11.8 Å². The highest BCUT2D eigenvalue weighted by molar-refractivity contribution is 5.93. The van der Waals surface area contributed by atoms with Gasteiger partial charge in [-0.15, -0.1) is 0 Å². The Morgan fingerprint density at radius 1 is 1.44 bits per heavy atom. The van der Waals surface area contributed by atoms with Gasteiger partial charge in [0.15, 0.2) is 5.78 Å². The molecule has 1 fully saturated rings. The molecule has 16 heavy (non-hydrogen) atoms. The van der Waals surface area contributed by atoms with Crippen LogP contribution in [0.1, 0.15) is 18.4 Å². The predicted octanol–water partition coefficient (Wildman–Crippen LogP) is 2.41. The summed E-state index contributed by atoms with van der Waals surface area (Å²) in [6.07, 6.45) is 3.53. The number of hydrogen-bond acceptors (Lipinski definition) is 2. The van der Waals surface area contributed by atoms with Crippen LogP contribution in [0.2, 0.25) is 0 Å². The van der Waals surface area contributed by atoms with Crippen LogP contribution in [0, 0.1) is 0 Å². The van der Waals surface area contributed by atoms with E-state index in [4.69, 9.17) is 0 Å². The lowest BCUT2D eigenvalue weighted by atomic mass is 10.1. The number of hydrogen-bond donors (Lipinski definition) is 0. The van der Waals surface area contributed by atoms with Gasteiger partial charge in [0.25, 0.3) is 0 Å². The van der Waals surface area contributed by atoms with Gasteiger partial charge in [0.2, 0.25) is 0 Å². The first-order valence-electron chi connectivity index (χ1n) is 5.75. The zero-order valence-corrected chi connectivity index (χ0v) is 9.43. The van der Waals surface area contributed by atoms with Crippen LogP contribution in [-0.2, 0) is 11.3 Å². The third kappa shape index (κ3) is 2.39. The summed E-state index contributed by atoms with van der Waals surface area (Å²) in [6, 6.07) is 10.4. The smallest absolute Gasteiger partial charge is 0.172 e. The molecule has 2 heteroatoms. The zero-order chi connectivity index (χ0) is 11.4. The Labute approximate surface area is 96.6 Å². The molecule has 1 unspecified atom stereocenters. The summed E-state index contributed by atoms with van der Waals surface area (Å²) in [5.74, 6) is 0.161. The van der Waals surface area contributed by atoms with Crippen molar-refractivity contribution in [1.82, 2.24) is 4.90 Å². The van der Waals surface area contributed by atoms with E-state index in [0.29, 0.717) is 0 Å². The first-order valence-corrected chi connectivity index (χ1v) is 5.75. The maximum Gasteiger partial charge on any atom is 0.172 e. The number of likely N-dealkylation sites (tertiary alicyclic amines) is 1. The molecule has 2 nitrogen and oxygen atoms in total. The zero-order valence-electron chi connectivity index (χ0n) is 9.43.